The van der Waals surface area contributed by atoms with Gasteiger partial charge in [-0.15, -0.1) is 0 Å². The van der Waals surface area contributed by atoms with Crippen molar-refractivity contribution in [1.29, 1.82) is 0 Å². The van der Waals surface area contributed by atoms with E-state index in [-0.39, 0.29) is 18.1 Å². The van der Waals surface area contributed by atoms with Crippen LogP contribution in [0.1, 0.15) is 71.0 Å². The molecule has 0 aromatic heterocycles. The van der Waals surface area contributed by atoms with Gasteiger partial charge in [0.05, 0.1) is 0 Å². The zero-order valence-electron chi connectivity index (χ0n) is 38.7. The molecule has 3 aliphatic rings. The Labute approximate surface area is 402 Å². The summed E-state index contributed by atoms with van der Waals surface area (Å²) in [5.41, 5.74) is 19.5. The van der Waals surface area contributed by atoms with Crippen LogP contribution >= 0.6 is 17.0 Å². The molecule has 8 aromatic carbocycles. The van der Waals surface area contributed by atoms with Crippen molar-refractivity contribution in [3.63, 3.8) is 0 Å². The maximum absolute atomic E-state index is 9.64. The van der Waals surface area contributed by atoms with Crippen LogP contribution in [0.4, 0.5) is 0 Å². The first-order valence-electron chi connectivity index (χ1n) is 23.5. The van der Waals surface area contributed by atoms with Gasteiger partial charge in [0.1, 0.15) is 0 Å². The molecule has 4 heteroatoms. The van der Waals surface area contributed by atoms with E-state index in [0.29, 0.717) is 0 Å². The number of hydrogen-bond acceptors (Lipinski definition) is 0. The molecule has 66 heavy (non-hydrogen) atoms. The second kappa shape index (κ2) is 16.0. The van der Waals surface area contributed by atoms with E-state index in [1.807, 2.05) is 0 Å². The van der Waals surface area contributed by atoms with E-state index in [0.717, 1.165) is 0 Å². The molecule has 2 atom stereocenters. The van der Waals surface area contributed by atoms with Gasteiger partial charge >= 0.3 is 405 Å². The molecule has 11 rings (SSSR count). The van der Waals surface area contributed by atoms with Crippen molar-refractivity contribution in [2.75, 3.05) is 0 Å². The SMILES string of the molecule is CC(C)(C)C1=Cc2c(ccc(-c3ccccc3)c2-c2ccccc2)[CH]1[Zr]([Cl])([Cl])([c]1cccc2c1[SiH2]c1ccccc1-2)[CH]1C(C(C)(C)C)=Cc2c1ccc(-c1ccccc1)c2-c1ccccc1. The quantitative estimate of drug-likeness (QED) is 0.140. The summed E-state index contributed by atoms with van der Waals surface area (Å²) in [4.78, 5) is 0. The minimum atomic E-state index is -5.94. The Balaban J connectivity index is 1.28. The van der Waals surface area contributed by atoms with E-state index < -0.39 is 25.9 Å². The molecule has 1 aliphatic heterocycles. The van der Waals surface area contributed by atoms with Crippen LogP contribution in [0.2, 0.25) is 0 Å². The molecule has 2 unspecified atom stereocenters. The van der Waals surface area contributed by atoms with E-state index in [2.05, 4.69) is 242 Å². The summed E-state index contributed by atoms with van der Waals surface area (Å²) in [5.74, 6) is 0. The van der Waals surface area contributed by atoms with Crippen molar-refractivity contribution in [1.82, 2.24) is 0 Å². The van der Waals surface area contributed by atoms with Crippen LogP contribution in [-0.4, -0.2) is 9.52 Å². The second-order valence-electron chi connectivity index (χ2n) is 20.8. The van der Waals surface area contributed by atoms with E-state index in [1.165, 1.54) is 103 Å². The third kappa shape index (κ3) is 6.85. The van der Waals surface area contributed by atoms with Gasteiger partial charge in [-0.25, -0.2) is 0 Å². The van der Waals surface area contributed by atoms with Crippen LogP contribution in [0.3, 0.4) is 0 Å². The molecule has 0 N–H and O–H groups in total. The summed E-state index contributed by atoms with van der Waals surface area (Å²) in [6.45, 7) is 14.3. The van der Waals surface area contributed by atoms with Crippen molar-refractivity contribution in [3.8, 4) is 55.6 Å². The Morgan fingerprint density at radius 2 is 0.788 bits per heavy atom. The van der Waals surface area contributed by atoms with Gasteiger partial charge in [-0.3, -0.25) is 0 Å². The first kappa shape index (κ1) is 43.5. The van der Waals surface area contributed by atoms with Crippen LogP contribution in [0.15, 0.2) is 199 Å². The molecule has 8 aromatic rings. The molecule has 0 fully saturated rings. The van der Waals surface area contributed by atoms with Crippen molar-refractivity contribution < 1.29 is 16.4 Å². The van der Waals surface area contributed by atoms with E-state index in [9.17, 15) is 17.0 Å². The fraction of sp³-hybridized carbons (Fsp3) is 0.161. The number of fused-ring (bicyclic) bond motifs is 5. The molecular formula is C62H55Cl2SiZr. The predicted octanol–water partition coefficient (Wildman–Crippen LogP) is 15.4. The van der Waals surface area contributed by atoms with Gasteiger partial charge in [-0.05, 0) is 0 Å². The van der Waals surface area contributed by atoms with Crippen molar-refractivity contribution >= 4 is 52.3 Å². The Kier molecular flexibility index (Phi) is 10.6. The van der Waals surface area contributed by atoms with Gasteiger partial charge in [-0.2, -0.15) is 0 Å². The third-order valence-electron chi connectivity index (χ3n) is 14.9. The average Bonchev–Trinajstić information content (AvgIpc) is 4.06. The molecule has 325 valence electrons. The van der Waals surface area contributed by atoms with Gasteiger partial charge in [0.15, 0.2) is 0 Å². The molecule has 0 spiro atoms. The fourth-order valence-corrected chi connectivity index (χ4v) is 40.3. The fourth-order valence-electron chi connectivity index (χ4n) is 12.0. The zero-order valence-corrected chi connectivity index (χ0v) is 44.1. The molecule has 0 nitrogen and oxygen atoms in total. The summed E-state index contributed by atoms with van der Waals surface area (Å²) in [7, 11) is 18.3. The molecule has 0 saturated carbocycles. The van der Waals surface area contributed by atoms with E-state index in [4.69, 9.17) is 0 Å². The van der Waals surface area contributed by atoms with Crippen molar-refractivity contribution in [3.05, 3.63) is 221 Å². The van der Waals surface area contributed by atoms with Crippen LogP contribution in [-0.2, 0) is 16.4 Å². The Morgan fingerprint density at radius 3 is 1.23 bits per heavy atom. The third-order valence-corrected chi connectivity index (χ3v) is 37.4. The maximum atomic E-state index is 9.64. The molecular weight excluding hydrogens is 935 g/mol. The van der Waals surface area contributed by atoms with Gasteiger partial charge in [0.25, 0.3) is 0 Å². The Hall–Kier alpha value is -5.08. The van der Waals surface area contributed by atoms with E-state index >= 15 is 0 Å². The van der Waals surface area contributed by atoms with Gasteiger partial charge in [0.2, 0.25) is 0 Å². The summed E-state index contributed by atoms with van der Waals surface area (Å²) < 4.78 is 0.803. The molecule has 0 saturated heterocycles. The normalized spacial score (nSPS) is 17.3. The number of halogens is 2. The number of hydrogen-bond donors (Lipinski definition) is 0. The zero-order chi connectivity index (χ0) is 45.6. The number of benzene rings is 8. The number of rotatable bonds is 7. The molecule has 0 amide bonds. The predicted molar refractivity (Wildman–Crippen MR) is 286 cm³/mol. The molecule has 0 radical (unpaired) electrons. The number of allylic oxidation sites excluding steroid dienone is 2. The van der Waals surface area contributed by atoms with Gasteiger partial charge in [0, 0.05) is 0 Å². The summed E-state index contributed by atoms with van der Waals surface area (Å²) in [6, 6.07) is 69.4. The topological polar surface area (TPSA) is 0 Å². The van der Waals surface area contributed by atoms with Crippen LogP contribution in [0.5, 0.6) is 0 Å². The standard InChI is InChI=1S/2C25H23.C12H9Si.2ClH.Zr/c2*1-25(2,3)21-16-20-14-15-22(18-10-6-4-7-11-18)24(23(20)17-21)19-12-8-5-9-13-19;1-3-7-11-9(5-1)10-6-2-4-8-12(10)13-11;;;/h2*4-17H,1-3H3;1-7H,13H2;2*1H;/q;;;;;+2/p-2. The summed E-state index contributed by atoms with van der Waals surface area (Å²) >= 11 is -5.94. The van der Waals surface area contributed by atoms with Gasteiger partial charge < -0.3 is 0 Å². The average molecular weight is 990 g/mol. The van der Waals surface area contributed by atoms with Crippen LogP contribution < -0.4 is 13.6 Å². The van der Waals surface area contributed by atoms with Crippen LogP contribution in [0.25, 0.3) is 67.8 Å². The van der Waals surface area contributed by atoms with Crippen LogP contribution in [0, 0.1) is 10.8 Å². The Morgan fingerprint density at radius 1 is 0.394 bits per heavy atom. The molecule has 0 bridgehead atoms. The Bertz CT molecular complexity index is 3090. The van der Waals surface area contributed by atoms with Crippen molar-refractivity contribution in [2.24, 2.45) is 10.8 Å². The second-order valence-corrected chi connectivity index (χ2v) is 43.3. The monoisotopic (exact) mass is 987 g/mol. The first-order chi connectivity index (χ1) is 31.7. The van der Waals surface area contributed by atoms with E-state index in [1.54, 1.807) is 0 Å². The molecule has 2 aliphatic carbocycles. The van der Waals surface area contributed by atoms with Gasteiger partial charge in [-0.1, -0.05) is 0 Å². The minimum absolute atomic E-state index is 0.225. The summed E-state index contributed by atoms with van der Waals surface area (Å²) in [5, 5.41) is 2.91. The summed E-state index contributed by atoms with van der Waals surface area (Å²) in [6.07, 6.45) is 5.07. The van der Waals surface area contributed by atoms with Crippen molar-refractivity contribution in [2.45, 2.75) is 48.8 Å². The molecule has 1 heterocycles. The first-order valence-corrected chi connectivity index (χ1v) is 35.3.